The van der Waals surface area contributed by atoms with E-state index in [0.717, 1.165) is 11.4 Å². The zero-order chi connectivity index (χ0) is 11.3. The van der Waals surface area contributed by atoms with E-state index in [1.807, 2.05) is 19.1 Å². The molecule has 0 aliphatic carbocycles. The SMILES string of the molecule is CNC(=N)NC(=N)NCc1ccc(C)[nH]1. The third-order valence-corrected chi connectivity index (χ3v) is 1.85. The van der Waals surface area contributed by atoms with Crippen LogP contribution in [0.1, 0.15) is 11.4 Å². The van der Waals surface area contributed by atoms with Crippen LogP contribution in [0, 0.1) is 17.7 Å². The summed E-state index contributed by atoms with van der Waals surface area (Å²) in [7, 11) is 1.62. The Kier molecular flexibility index (Phi) is 3.73. The molecule has 1 heterocycles. The fraction of sp³-hybridized carbons (Fsp3) is 0.333. The van der Waals surface area contributed by atoms with Gasteiger partial charge in [0, 0.05) is 18.4 Å². The molecule has 1 aromatic rings. The van der Waals surface area contributed by atoms with E-state index in [-0.39, 0.29) is 11.9 Å². The molecule has 6 nitrogen and oxygen atoms in total. The van der Waals surface area contributed by atoms with Crippen molar-refractivity contribution in [2.45, 2.75) is 13.5 Å². The van der Waals surface area contributed by atoms with E-state index < -0.39 is 0 Å². The molecule has 0 aliphatic heterocycles. The van der Waals surface area contributed by atoms with Crippen molar-refractivity contribution in [3.05, 3.63) is 23.5 Å². The largest absolute Gasteiger partial charge is 0.361 e. The third kappa shape index (κ3) is 3.72. The van der Waals surface area contributed by atoms with Crippen molar-refractivity contribution in [2.24, 2.45) is 0 Å². The summed E-state index contributed by atoms with van der Waals surface area (Å²) < 4.78 is 0. The molecule has 0 aliphatic rings. The van der Waals surface area contributed by atoms with Gasteiger partial charge in [-0.1, -0.05) is 0 Å². The summed E-state index contributed by atoms with van der Waals surface area (Å²) in [5.41, 5.74) is 2.10. The second-order valence-electron chi connectivity index (χ2n) is 3.15. The summed E-state index contributed by atoms with van der Waals surface area (Å²) in [6.07, 6.45) is 0. The van der Waals surface area contributed by atoms with E-state index in [9.17, 15) is 0 Å². The molecule has 0 bridgehead atoms. The highest BCUT2D eigenvalue weighted by Gasteiger charge is 1.99. The molecule has 0 aromatic carbocycles. The van der Waals surface area contributed by atoms with Crippen molar-refractivity contribution in [1.29, 1.82) is 10.8 Å². The van der Waals surface area contributed by atoms with Crippen LogP contribution in [0.2, 0.25) is 0 Å². The fourth-order valence-electron chi connectivity index (χ4n) is 1.08. The zero-order valence-corrected chi connectivity index (χ0v) is 8.86. The molecular weight excluding hydrogens is 192 g/mol. The lowest BCUT2D eigenvalue weighted by Gasteiger charge is -2.09. The molecule has 0 spiro atoms. The molecule has 0 amide bonds. The highest BCUT2D eigenvalue weighted by molar-refractivity contribution is 5.95. The molecule has 15 heavy (non-hydrogen) atoms. The molecule has 0 fully saturated rings. The van der Waals surface area contributed by atoms with Gasteiger partial charge in [-0.05, 0) is 19.1 Å². The maximum absolute atomic E-state index is 7.46. The summed E-state index contributed by atoms with van der Waals surface area (Å²) in [5, 5.41) is 22.7. The minimum Gasteiger partial charge on any atom is -0.361 e. The maximum atomic E-state index is 7.46. The van der Waals surface area contributed by atoms with Gasteiger partial charge in [0.2, 0.25) is 0 Å². The molecule has 6 N–H and O–H groups in total. The Morgan fingerprint density at radius 3 is 2.60 bits per heavy atom. The first-order chi connectivity index (χ1) is 7.11. The Morgan fingerprint density at radius 2 is 2.07 bits per heavy atom. The quantitative estimate of drug-likeness (QED) is 0.307. The number of guanidine groups is 2. The van der Waals surface area contributed by atoms with Gasteiger partial charge in [0.1, 0.15) is 0 Å². The minimum absolute atomic E-state index is 0.0927. The summed E-state index contributed by atoms with van der Waals surface area (Å²) in [4.78, 5) is 3.14. The first-order valence-electron chi connectivity index (χ1n) is 4.62. The normalized spacial score (nSPS) is 9.47. The number of hydrogen-bond donors (Lipinski definition) is 6. The summed E-state index contributed by atoms with van der Waals surface area (Å²) in [5.74, 6) is 0.191. The lowest BCUT2D eigenvalue weighted by molar-refractivity contribution is 0.845. The van der Waals surface area contributed by atoms with E-state index in [1.54, 1.807) is 7.05 Å². The van der Waals surface area contributed by atoms with Crippen molar-refractivity contribution in [3.63, 3.8) is 0 Å². The number of aromatic nitrogens is 1. The van der Waals surface area contributed by atoms with Crippen LogP contribution in [0.3, 0.4) is 0 Å². The van der Waals surface area contributed by atoms with Gasteiger partial charge in [0.05, 0.1) is 6.54 Å². The number of aryl methyl sites for hydroxylation is 1. The van der Waals surface area contributed by atoms with Crippen LogP contribution in [0.5, 0.6) is 0 Å². The molecule has 6 heteroatoms. The topological polar surface area (TPSA) is 99.6 Å². The highest BCUT2D eigenvalue weighted by Crippen LogP contribution is 1.98. The molecule has 0 saturated carbocycles. The third-order valence-electron chi connectivity index (χ3n) is 1.85. The summed E-state index contributed by atoms with van der Waals surface area (Å²) >= 11 is 0. The molecule has 82 valence electrons. The average Bonchev–Trinajstić information content (AvgIpc) is 2.61. The molecular formula is C9H16N6. The average molecular weight is 208 g/mol. The lowest BCUT2D eigenvalue weighted by Crippen LogP contribution is -2.44. The molecule has 1 rings (SSSR count). The first-order valence-corrected chi connectivity index (χ1v) is 4.62. The van der Waals surface area contributed by atoms with Crippen LogP contribution in [0.25, 0.3) is 0 Å². The van der Waals surface area contributed by atoms with Crippen LogP contribution in [-0.2, 0) is 6.54 Å². The molecule has 0 atom stereocenters. The minimum atomic E-state index is 0.0927. The Labute approximate surface area is 88.5 Å². The number of hydrogen-bond acceptors (Lipinski definition) is 2. The van der Waals surface area contributed by atoms with Gasteiger partial charge in [-0.3, -0.25) is 16.1 Å². The lowest BCUT2D eigenvalue weighted by atomic mass is 10.4. The van der Waals surface area contributed by atoms with E-state index in [1.165, 1.54) is 0 Å². The van der Waals surface area contributed by atoms with Gasteiger partial charge in [-0.2, -0.15) is 0 Å². The van der Waals surface area contributed by atoms with Crippen LogP contribution in [0.15, 0.2) is 12.1 Å². The fourth-order valence-corrected chi connectivity index (χ4v) is 1.08. The first kappa shape index (κ1) is 11.1. The van der Waals surface area contributed by atoms with Crippen LogP contribution < -0.4 is 16.0 Å². The molecule has 0 saturated heterocycles. The van der Waals surface area contributed by atoms with E-state index in [0.29, 0.717) is 6.54 Å². The highest BCUT2D eigenvalue weighted by atomic mass is 15.2. The maximum Gasteiger partial charge on any atom is 0.195 e. The molecule has 1 aromatic heterocycles. The van der Waals surface area contributed by atoms with E-state index in [2.05, 4.69) is 20.9 Å². The van der Waals surface area contributed by atoms with Crippen molar-refractivity contribution in [2.75, 3.05) is 7.05 Å². The monoisotopic (exact) mass is 208 g/mol. The van der Waals surface area contributed by atoms with Gasteiger partial charge in [0.25, 0.3) is 0 Å². The van der Waals surface area contributed by atoms with Crippen LogP contribution in [0.4, 0.5) is 0 Å². The summed E-state index contributed by atoms with van der Waals surface area (Å²) in [6.45, 7) is 2.51. The van der Waals surface area contributed by atoms with E-state index >= 15 is 0 Å². The Morgan fingerprint density at radius 1 is 1.33 bits per heavy atom. The number of rotatable bonds is 2. The zero-order valence-electron chi connectivity index (χ0n) is 8.86. The second kappa shape index (κ2) is 5.04. The van der Waals surface area contributed by atoms with E-state index in [4.69, 9.17) is 10.8 Å². The van der Waals surface area contributed by atoms with Crippen molar-refractivity contribution >= 4 is 11.9 Å². The number of nitrogens with one attached hydrogen (secondary N) is 6. The van der Waals surface area contributed by atoms with Crippen LogP contribution in [-0.4, -0.2) is 24.0 Å². The Hall–Kier alpha value is -1.98. The predicted molar refractivity (Wildman–Crippen MR) is 60.0 cm³/mol. The van der Waals surface area contributed by atoms with Crippen molar-refractivity contribution in [3.8, 4) is 0 Å². The Balaban J connectivity index is 2.31. The van der Waals surface area contributed by atoms with Gasteiger partial charge in [-0.15, -0.1) is 0 Å². The smallest absolute Gasteiger partial charge is 0.195 e. The van der Waals surface area contributed by atoms with Gasteiger partial charge in [0.15, 0.2) is 11.9 Å². The number of aromatic amines is 1. The van der Waals surface area contributed by atoms with Crippen molar-refractivity contribution in [1.82, 2.24) is 20.9 Å². The van der Waals surface area contributed by atoms with Crippen LogP contribution >= 0.6 is 0 Å². The number of H-pyrrole nitrogens is 1. The second-order valence-corrected chi connectivity index (χ2v) is 3.15. The Bertz CT molecular complexity index is 353. The summed E-state index contributed by atoms with van der Waals surface area (Å²) in [6, 6.07) is 3.93. The van der Waals surface area contributed by atoms with Gasteiger partial charge in [-0.25, -0.2) is 0 Å². The predicted octanol–water partition coefficient (Wildman–Crippen LogP) is 0.0913. The molecule has 0 radical (unpaired) electrons. The van der Waals surface area contributed by atoms with Gasteiger partial charge < -0.3 is 15.6 Å². The van der Waals surface area contributed by atoms with Crippen molar-refractivity contribution < 1.29 is 0 Å². The standard InChI is InChI=1S/C9H16N6/c1-6-3-4-7(14-6)5-13-9(11)15-8(10)12-2/h3-4,14H,5H2,1-2H3,(H5,10,11,12,13,15). The van der Waals surface area contributed by atoms with Gasteiger partial charge >= 0.3 is 0 Å². The molecule has 0 unspecified atom stereocenters.